The summed E-state index contributed by atoms with van der Waals surface area (Å²) >= 11 is 0. The summed E-state index contributed by atoms with van der Waals surface area (Å²) < 4.78 is 0. The lowest BCUT2D eigenvalue weighted by atomic mass is 10.0. The number of aryl methyl sites for hydroxylation is 2. The lowest BCUT2D eigenvalue weighted by Gasteiger charge is -2.04. The first-order valence-electron chi connectivity index (χ1n) is 6.71. The van der Waals surface area contributed by atoms with Crippen molar-refractivity contribution in [3.05, 3.63) is 71.8 Å². The lowest BCUT2D eigenvalue weighted by molar-refractivity contribution is 1.21. The molecule has 0 atom stereocenters. The fourth-order valence-electron chi connectivity index (χ4n) is 2.25. The Morgan fingerprint density at radius 3 is 2.25 bits per heavy atom. The van der Waals surface area contributed by atoms with E-state index in [9.17, 15) is 0 Å². The highest BCUT2D eigenvalue weighted by molar-refractivity contribution is 5.89. The molecule has 2 heteroatoms. The molecule has 0 radical (unpaired) electrons. The zero-order chi connectivity index (χ0) is 13.9. The molecule has 0 aliphatic rings. The van der Waals surface area contributed by atoms with Crippen LogP contribution in [0.5, 0.6) is 0 Å². The van der Waals surface area contributed by atoms with Gasteiger partial charge >= 0.3 is 0 Å². The van der Waals surface area contributed by atoms with Gasteiger partial charge in [0, 0.05) is 0 Å². The minimum absolute atomic E-state index is 0.878. The molecule has 3 aromatic carbocycles. The zero-order valence-corrected chi connectivity index (χ0v) is 11.7. The number of fused-ring (bicyclic) bond motifs is 1. The summed E-state index contributed by atoms with van der Waals surface area (Å²) in [5, 5.41) is 11.2. The molecule has 20 heavy (non-hydrogen) atoms. The molecule has 0 aliphatic heterocycles. The van der Waals surface area contributed by atoms with E-state index >= 15 is 0 Å². The molecule has 0 amide bonds. The van der Waals surface area contributed by atoms with Crippen molar-refractivity contribution in [3.63, 3.8) is 0 Å². The van der Waals surface area contributed by atoms with Gasteiger partial charge in [-0.1, -0.05) is 48.0 Å². The van der Waals surface area contributed by atoms with Gasteiger partial charge in [0.1, 0.15) is 0 Å². The highest BCUT2D eigenvalue weighted by Crippen LogP contribution is 2.28. The van der Waals surface area contributed by atoms with Crippen LogP contribution in [0.25, 0.3) is 10.8 Å². The highest BCUT2D eigenvalue weighted by Gasteiger charge is 2.02. The molecule has 0 unspecified atom stereocenters. The molecule has 0 bridgehead atoms. The third kappa shape index (κ3) is 2.45. The van der Waals surface area contributed by atoms with E-state index in [0.29, 0.717) is 0 Å². The number of nitrogens with zero attached hydrogens (tertiary/aromatic N) is 2. The van der Waals surface area contributed by atoms with E-state index in [1.54, 1.807) is 0 Å². The van der Waals surface area contributed by atoms with Gasteiger partial charge in [0.2, 0.25) is 0 Å². The van der Waals surface area contributed by atoms with E-state index in [4.69, 9.17) is 0 Å². The quantitative estimate of drug-likeness (QED) is 0.515. The van der Waals surface area contributed by atoms with Gasteiger partial charge in [-0.25, -0.2) is 0 Å². The average molecular weight is 260 g/mol. The van der Waals surface area contributed by atoms with Crippen molar-refractivity contribution in [2.24, 2.45) is 10.2 Å². The first-order valence-corrected chi connectivity index (χ1v) is 6.71. The van der Waals surface area contributed by atoms with Gasteiger partial charge < -0.3 is 0 Å². The minimum Gasteiger partial charge on any atom is -0.151 e. The summed E-state index contributed by atoms with van der Waals surface area (Å²) in [5.41, 5.74) is 4.19. The highest BCUT2D eigenvalue weighted by atomic mass is 15.1. The van der Waals surface area contributed by atoms with Crippen LogP contribution in [0.15, 0.2) is 70.9 Å². The average Bonchev–Trinajstić information content (AvgIpc) is 2.49. The van der Waals surface area contributed by atoms with Crippen molar-refractivity contribution in [2.45, 2.75) is 13.8 Å². The van der Waals surface area contributed by atoms with Gasteiger partial charge in [-0.05, 0) is 48.4 Å². The fourth-order valence-corrected chi connectivity index (χ4v) is 2.25. The number of hydrogen-bond donors (Lipinski definition) is 0. The zero-order valence-electron chi connectivity index (χ0n) is 11.7. The second-order valence-corrected chi connectivity index (χ2v) is 4.97. The summed E-state index contributed by atoms with van der Waals surface area (Å²) in [4.78, 5) is 0. The van der Waals surface area contributed by atoms with Gasteiger partial charge in [0.25, 0.3) is 0 Å². The second kappa shape index (κ2) is 5.25. The van der Waals surface area contributed by atoms with E-state index in [1.807, 2.05) is 30.3 Å². The first kappa shape index (κ1) is 12.5. The van der Waals surface area contributed by atoms with E-state index in [0.717, 1.165) is 11.4 Å². The predicted molar refractivity (Wildman–Crippen MR) is 84.0 cm³/mol. The summed E-state index contributed by atoms with van der Waals surface area (Å²) in [6, 6.07) is 20.5. The maximum absolute atomic E-state index is 4.38. The van der Waals surface area contributed by atoms with Crippen molar-refractivity contribution >= 4 is 22.1 Å². The van der Waals surface area contributed by atoms with Crippen LogP contribution in [-0.4, -0.2) is 0 Å². The topological polar surface area (TPSA) is 24.7 Å². The van der Waals surface area contributed by atoms with Crippen LogP contribution in [0.1, 0.15) is 11.1 Å². The molecule has 3 rings (SSSR count). The van der Waals surface area contributed by atoms with Crippen LogP contribution in [0.2, 0.25) is 0 Å². The molecule has 0 fully saturated rings. The molecule has 0 spiro atoms. The predicted octanol–water partition coefficient (Wildman–Crippen LogP) is 5.87. The van der Waals surface area contributed by atoms with E-state index in [-0.39, 0.29) is 0 Å². The third-order valence-electron chi connectivity index (χ3n) is 3.48. The Kier molecular flexibility index (Phi) is 3.30. The molecule has 3 aromatic rings. The third-order valence-corrected chi connectivity index (χ3v) is 3.48. The van der Waals surface area contributed by atoms with Crippen molar-refractivity contribution in [1.29, 1.82) is 0 Å². The van der Waals surface area contributed by atoms with Crippen LogP contribution in [0.4, 0.5) is 11.4 Å². The maximum atomic E-state index is 4.38. The number of rotatable bonds is 2. The van der Waals surface area contributed by atoms with E-state index in [2.05, 4.69) is 54.4 Å². The Morgan fingerprint density at radius 2 is 1.45 bits per heavy atom. The van der Waals surface area contributed by atoms with Crippen LogP contribution in [-0.2, 0) is 0 Å². The van der Waals surface area contributed by atoms with Crippen molar-refractivity contribution < 1.29 is 0 Å². The fraction of sp³-hybridized carbons (Fsp3) is 0.111. The summed E-state index contributed by atoms with van der Waals surface area (Å²) in [5.74, 6) is 0. The molecule has 0 heterocycles. The molecular formula is C18H16N2. The molecule has 0 N–H and O–H groups in total. The van der Waals surface area contributed by atoms with Gasteiger partial charge in [-0.2, -0.15) is 10.2 Å². The largest absolute Gasteiger partial charge is 0.151 e. The number of azo groups is 1. The SMILES string of the molecule is Cc1ccc(N=Nc2ccc3ccccc3c2C)cc1. The van der Waals surface area contributed by atoms with Crippen LogP contribution in [0, 0.1) is 13.8 Å². The Hall–Kier alpha value is -2.48. The van der Waals surface area contributed by atoms with Gasteiger partial charge in [-0.15, -0.1) is 0 Å². The van der Waals surface area contributed by atoms with Crippen LogP contribution in [0.3, 0.4) is 0 Å². The van der Waals surface area contributed by atoms with E-state index in [1.165, 1.54) is 21.9 Å². The molecule has 2 nitrogen and oxygen atoms in total. The van der Waals surface area contributed by atoms with E-state index < -0.39 is 0 Å². The van der Waals surface area contributed by atoms with Crippen LogP contribution < -0.4 is 0 Å². The summed E-state index contributed by atoms with van der Waals surface area (Å²) in [7, 11) is 0. The van der Waals surface area contributed by atoms with Crippen LogP contribution >= 0.6 is 0 Å². The standard InChI is InChI=1S/C18H16N2/c1-13-7-10-16(11-8-13)19-20-18-12-9-15-5-3-4-6-17(15)14(18)2/h3-12H,1-2H3. The second-order valence-electron chi connectivity index (χ2n) is 4.97. The van der Waals surface area contributed by atoms with Gasteiger partial charge in [0.05, 0.1) is 11.4 Å². The first-order chi connectivity index (χ1) is 9.74. The Morgan fingerprint density at radius 1 is 0.700 bits per heavy atom. The Bertz CT molecular complexity index is 771. The smallest absolute Gasteiger partial charge is 0.0892 e. The summed E-state index contributed by atoms with van der Waals surface area (Å²) in [6.45, 7) is 4.15. The molecule has 0 aromatic heterocycles. The minimum atomic E-state index is 0.878. The monoisotopic (exact) mass is 260 g/mol. The molecular weight excluding hydrogens is 244 g/mol. The van der Waals surface area contributed by atoms with Crippen molar-refractivity contribution in [1.82, 2.24) is 0 Å². The molecule has 0 saturated carbocycles. The van der Waals surface area contributed by atoms with Crippen molar-refractivity contribution in [2.75, 3.05) is 0 Å². The van der Waals surface area contributed by atoms with Gasteiger partial charge in [0.15, 0.2) is 0 Å². The molecule has 0 aliphatic carbocycles. The van der Waals surface area contributed by atoms with Gasteiger partial charge in [-0.3, -0.25) is 0 Å². The Labute approximate surface area is 118 Å². The summed E-state index contributed by atoms with van der Waals surface area (Å²) in [6.07, 6.45) is 0. The number of hydrogen-bond acceptors (Lipinski definition) is 2. The maximum Gasteiger partial charge on any atom is 0.0892 e. The lowest BCUT2D eigenvalue weighted by Crippen LogP contribution is -1.78. The van der Waals surface area contributed by atoms with Crippen molar-refractivity contribution in [3.8, 4) is 0 Å². The Balaban J connectivity index is 1.98. The molecule has 98 valence electrons. The number of benzene rings is 3. The molecule has 0 saturated heterocycles. The normalized spacial score (nSPS) is 11.3.